The number of carbonyl (C=O) groups excluding carboxylic acids is 1. The third-order valence-electron chi connectivity index (χ3n) is 3.68. The Bertz CT molecular complexity index is 483. The van der Waals surface area contributed by atoms with Crippen LogP contribution in [0.25, 0.3) is 0 Å². The van der Waals surface area contributed by atoms with Gasteiger partial charge in [0.15, 0.2) is 0 Å². The van der Waals surface area contributed by atoms with Crippen molar-refractivity contribution < 1.29 is 19.8 Å². The van der Waals surface area contributed by atoms with Crippen molar-refractivity contribution in [3.8, 4) is 0 Å². The van der Waals surface area contributed by atoms with Crippen molar-refractivity contribution in [2.45, 2.75) is 38.3 Å². The van der Waals surface area contributed by atoms with E-state index in [2.05, 4.69) is 0 Å². The molecule has 0 spiro atoms. The molecule has 20 heavy (non-hydrogen) atoms. The molecule has 1 saturated heterocycles. The Morgan fingerprint density at radius 2 is 1.90 bits per heavy atom. The van der Waals surface area contributed by atoms with Gasteiger partial charge >= 0.3 is 5.97 Å². The third kappa shape index (κ3) is 3.36. The fourth-order valence-electron chi connectivity index (χ4n) is 2.60. The number of piperidine rings is 1. The van der Waals surface area contributed by atoms with Crippen LogP contribution >= 0.6 is 0 Å². The van der Waals surface area contributed by atoms with E-state index in [1.807, 2.05) is 0 Å². The average Bonchev–Trinajstić information content (AvgIpc) is 2.46. The second-order valence-electron chi connectivity index (χ2n) is 5.10. The van der Waals surface area contributed by atoms with Gasteiger partial charge < -0.3 is 15.1 Å². The molecule has 2 rings (SSSR count). The molecule has 1 atom stereocenters. The highest BCUT2D eigenvalue weighted by Gasteiger charge is 2.28. The highest BCUT2D eigenvalue weighted by atomic mass is 16.4. The summed E-state index contributed by atoms with van der Waals surface area (Å²) in [6.45, 7) is 0.554. The number of carboxylic acids is 1. The number of benzene rings is 1. The molecule has 1 unspecified atom stereocenters. The molecule has 5 nitrogen and oxygen atoms in total. The van der Waals surface area contributed by atoms with Gasteiger partial charge in [-0.1, -0.05) is 12.1 Å². The summed E-state index contributed by atoms with van der Waals surface area (Å²) in [7, 11) is 0. The van der Waals surface area contributed by atoms with E-state index in [4.69, 9.17) is 10.2 Å². The molecule has 108 valence electrons. The van der Waals surface area contributed by atoms with Crippen LogP contribution in [-0.2, 0) is 11.4 Å². The standard InChI is InChI=1S/C15H19NO4/c17-10-11-4-6-12(7-5-11)15(20)16-8-2-1-3-13(16)9-14(18)19/h4-7,13,17H,1-3,8-10H2,(H,18,19). The number of likely N-dealkylation sites (tertiary alicyclic amines) is 1. The van der Waals surface area contributed by atoms with E-state index < -0.39 is 5.97 Å². The number of aliphatic hydroxyl groups excluding tert-OH is 1. The lowest BCUT2D eigenvalue weighted by Crippen LogP contribution is -2.44. The summed E-state index contributed by atoms with van der Waals surface area (Å²) in [6, 6.07) is 6.57. The number of aliphatic hydroxyl groups is 1. The van der Waals surface area contributed by atoms with Gasteiger partial charge in [-0.15, -0.1) is 0 Å². The van der Waals surface area contributed by atoms with Crippen LogP contribution in [0.15, 0.2) is 24.3 Å². The number of hydrogen-bond donors (Lipinski definition) is 2. The molecule has 0 aliphatic carbocycles. The average molecular weight is 277 g/mol. The number of carboxylic acid groups (broad SMARTS) is 1. The summed E-state index contributed by atoms with van der Waals surface area (Å²) >= 11 is 0. The van der Waals surface area contributed by atoms with Gasteiger partial charge in [-0.3, -0.25) is 9.59 Å². The van der Waals surface area contributed by atoms with Crippen molar-refractivity contribution >= 4 is 11.9 Å². The first-order valence-electron chi connectivity index (χ1n) is 6.84. The molecule has 0 bridgehead atoms. The van der Waals surface area contributed by atoms with E-state index in [9.17, 15) is 9.59 Å². The van der Waals surface area contributed by atoms with Gasteiger partial charge in [0.25, 0.3) is 5.91 Å². The summed E-state index contributed by atoms with van der Waals surface area (Å²) < 4.78 is 0. The topological polar surface area (TPSA) is 77.8 Å². The molecule has 1 aromatic rings. The van der Waals surface area contributed by atoms with E-state index in [1.54, 1.807) is 29.2 Å². The monoisotopic (exact) mass is 277 g/mol. The van der Waals surface area contributed by atoms with Crippen molar-refractivity contribution in [2.75, 3.05) is 6.54 Å². The Morgan fingerprint density at radius 1 is 1.20 bits per heavy atom. The Balaban J connectivity index is 2.13. The summed E-state index contributed by atoms with van der Waals surface area (Å²) in [5.74, 6) is -0.995. The molecule has 1 aliphatic heterocycles. The van der Waals surface area contributed by atoms with Crippen molar-refractivity contribution in [1.82, 2.24) is 4.90 Å². The third-order valence-corrected chi connectivity index (χ3v) is 3.68. The normalized spacial score (nSPS) is 18.9. The van der Waals surface area contributed by atoms with Crippen LogP contribution in [0.5, 0.6) is 0 Å². The smallest absolute Gasteiger partial charge is 0.305 e. The van der Waals surface area contributed by atoms with Crippen LogP contribution in [-0.4, -0.2) is 39.6 Å². The van der Waals surface area contributed by atoms with Crippen LogP contribution < -0.4 is 0 Å². The van der Waals surface area contributed by atoms with Crippen molar-refractivity contribution in [3.05, 3.63) is 35.4 Å². The number of nitrogens with zero attached hydrogens (tertiary/aromatic N) is 1. The van der Waals surface area contributed by atoms with Crippen LogP contribution in [0, 0.1) is 0 Å². The lowest BCUT2D eigenvalue weighted by atomic mass is 9.98. The molecular formula is C15H19NO4. The van der Waals surface area contributed by atoms with Crippen molar-refractivity contribution in [2.24, 2.45) is 0 Å². The maximum Gasteiger partial charge on any atom is 0.305 e. The van der Waals surface area contributed by atoms with Gasteiger partial charge in [-0.2, -0.15) is 0 Å². The summed E-state index contributed by atoms with van der Waals surface area (Å²) in [5.41, 5.74) is 1.29. The van der Waals surface area contributed by atoms with Gasteiger partial charge in [0.1, 0.15) is 0 Å². The number of hydrogen-bond acceptors (Lipinski definition) is 3. The highest BCUT2D eigenvalue weighted by molar-refractivity contribution is 5.94. The highest BCUT2D eigenvalue weighted by Crippen LogP contribution is 2.22. The Morgan fingerprint density at radius 3 is 2.50 bits per heavy atom. The van der Waals surface area contributed by atoms with E-state index in [0.717, 1.165) is 24.8 Å². The number of aliphatic carboxylic acids is 1. The summed E-state index contributed by atoms with van der Waals surface area (Å²) in [4.78, 5) is 25.0. The molecule has 0 aromatic heterocycles. The molecule has 0 radical (unpaired) electrons. The van der Waals surface area contributed by atoms with Gasteiger partial charge in [-0.25, -0.2) is 0 Å². The summed E-state index contributed by atoms with van der Waals surface area (Å²) in [6.07, 6.45) is 2.62. The second kappa shape index (κ2) is 6.52. The Kier molecular flexibility index (Phi) is 4.74. The maximum absolute atomic E-state index is 12.5. The summed E-state index contributed by atoms with van der Waals surface area (Å²) in [5, 5.41) is 17.9. The van der Waals surface area contributed by atoms with E-state index in [0.29, 0.717) is 12.1 Å². The van der Waals surface area contributed by atoms with Gasteiger partial charge in [-0.05, 0) is 37.0 Å². The first-order valence-corrected chi connectivity index (χ1v) is 6.84. The van der Waals surface area contributed by atoms with Gasteiger partial charge in [0.2, 0.25) is 0 Å². The van der Waals surface area contributed by atoms with Crippen LogP contribution in [0.2, 0.25) is 0 Å². The van der Waals surface area contributed by atoms with Crippen molar-refractivity contribution in [1.29, 1.82) is 0 Å². The quantitative estimate of drug-likeness (QED) is 0.877. The molecule has 1 heterocycles. The molecular weight excluding hydrogens is 258 g/mol. The molecule has 1 fully saturated rings. The molecule has 5 heteroatoms. The minimum absolute atomic E-state index is 0.000460. The fraction of sp³-hybridized carbons (Fsp3) is 0.467. The van der Waals surface area contributed by atoms with Crippen LogP contribution in [0.4, 0.5) is 0 Å². The minimum Gasteiger partial charge on any atom is -0.481 e. The zero-order chi connectivity index (χ0) is 14.5. The van der Waals surface area contributed by atoms with Crippen LogP contribution in [0.1, 0.15) is 41.6 Å². The molecule has 0 saturated carbocycles. The Hall–Kier alpha value is -1.88. The molecule has 1 amide bonds. The van der Waals surface area contributed by atoms with Crippen molar-refractivity contribution in [3.63, 3.8) is 0 Å². The lowest BCUT2D eigenvalue weighted by Gasteiger charge is -2.35. The van der Waals surface area contributed by atoms with Gasteiger partial charge in [0, 0.05) is 18.2 Å². The predicted molar refractivity (Wildman–Crippen MR) is 73.3 cm³/mol. The maximum atomic E-state index is 12.5. The molecule has 2 N–H and O–H groups in total. The minimum atomic E-state index is -0.870. The Labute approximate surface area is 117 Å². The SMILES string of the molecule is O=C(O)CC1CCCCN1C(=O)c1ccc(CO)cc1. The predicted octanol–water partition coefficient (Wildman–Crippen LogP) is 1.65. The first-order chi connectivity index (χ1) is 9.61. The molecule has 1 aliphatic rings. The van der Waals surface area contributed by atoms with Crippen LogP contribution in [0.3, 0.4) is 0 Å². The number of rotatable bonds is 4. The number of amides is 1. The van der Waals surface area contributed by atoms with Gasteiger partial charge in [0.05, 0.1) is 13.0 Å². The first kappa shape index (κ1) is 14.5. The van der Waals surface area contributed by atoms with E-state index in [-0.39, 0.29) is 25.0 Å². The zero-order valence-electron chi connectivity index (χ0n) is 11.3. The fourth-order valence-corrected chi connectivity index (χ4v) is 2.60. The van der Waals surface area contributed by atoms with E-state index >= 15 is 0 Å². The zero-order valence-corrected chi connectivity index (χ0v) is 11.3. The van der Waals surface area contributed by atoms with E-state index in [1.165, 1.54) is 0 Å². The lowest BCUT2D eigenvalue weighted by molar-refractivity contribution is -0.138. The largest absolute Gasteiger partial charge is 0.481 e. The number of carbonyl (C=O) groups is 2. The molecule has 1 aromatic carbocycles. The second-order valence-corrected chi connectivity index (χ2v) is 5.10.